The molecule has 2 aromatic heterocycles. The van der Waals surface area contributed by atoms with Gasteiger partial charge in [-0.2, -0.15) is 0 Å². The van der Waals surface area contributed by atoms with Crippen LogP contribution in [0.3, 0.4) is 0 Å². The highest BCUT2D eigenvalue weighted by molar-refractivity contribution is 5.66. The number of nitrogens with zero attached hydrogens (tertiary/aromatic N) is 4. The minimum atomic E-state index is -4.76. The Labute approximate surface area is 123 Å². The van der Waals surface area contributed by atoms with Gasteiger partial charge in [0, 0.05) is 18.0 Å². The van der Waals surface area contributed by atoms with E-state index in [4.69, 9.17) is 0 Å². The van der Waals surface area contributed by atoms with Gasteiger partial charge in [0.25, 0.3) is 0 Å². The summed E-state index contributed by atoms with van der Waals surface area (Å²) in [5.74, 6) is 0.190. The van der Waals surface area contributed by atoms with E-state index in [1.165, 1.54) is 18.2 Å². The molecule has 3 rings (SSSR count). The molecule has 2 heterocycles. The number of benzene rings is 1. The van der Waals surface area contributed by atoms with Crippen molar-refractivity contribution in [1.29, 1.82) is 0 Å². The standard InChI is InChI=1S/C14H9F3N4O/c15-14(16,17)22-12-4-2-1-3-10(12)11-5-6-13(20-19-11)21-8-7-18-9-21/h1-9H. The lowest BCUT2D eigenvalue weighted by molar-refractivity contribution is -0.274. The van der Waals surface area contributed by atoms with E-state index in [2.05, 4.69) is 19.9 Å². The normalized spacial score (nSPS) is 11.4. The maximum absolute atomic E-state index is 12.4. The van der Waals surface area contributed by atoms with E-state index >= 15 is 0 Å². The molecule has 112 valence electrons. The van der Waals surface area contributed by atoms with Gasteiger partial charge in [-0.25, -0.2) is 4.98 Å². The van der Waals surface area contributed by atoms with Gasteiger partial charge in [-0.3, -0.25) is 4.57 Å². The first-order valence-electron chi connectivity index (χ1n) is 6.20. The molecule has 0 saturated carbocycles. The fourth-order valence-corrected chi connectivity index (χ4v) is 1.89. The Morgan fingerprint density at radius 1 is 1.00 bits per heavy atom. The molecule has 0 bridgehead atoms. The lowest BCUT2D eigenvalue weighted by Crippen LogP contribution is -2.17. The third-order valence-corrected chi connectivity index (χ3v) is 2.81. The second-order valence-corrected chi connectivity index (χ2v) is 4.29. The van der Waals surface area contributed by atoms with Crippen LogP contribution < -0.4 is 4.74 Å². The van der Waals surface area contributed by atoms with Gasteiger partial charge in [-0.15, -0.1) is 23.4 Å². The van der Waals surface area contributed by atoms with Crippen LogP contribution in [0, 0.1) is 0 Å². The van der Waals surface area contributed by atoms with E-state index in [9.17, 15) is 13.2 Å². The zero-order valence-electron chi connectivity index (χ0n) is 11.0. The van der Waals surface area contributed by atoms with Gasteiger partial charge in [0.2, 0.25) is 0 Å². The van der Waals surface area contributed by atoms with E-state index < -0.39 is 6.36 Å². The number of aromatic nitrogens is 4. The molecule has 0 saturated heterocycles. The topological polar surface area (TPSA) is 52.8 Å². The summed E-state index contributed by atoms with van der Waals surface area (Å²) in [4.78, 5) is 3.88. The largest absolute Gasteiger partial charge is 0.573 e. The smallest absolute Gasteiger partial charge is 0.405 e. The Morgan fingerprint density at radius 3 is 2.45 bits per heavy atom. The summed E-state index contributed by atoms with van der Waals surface area (Å²) in [5, 5.41) is 7.92. The number of imidazole rings is 1. The zero-order chi connectivity index (χ0) is 15.6. The van der Waals surface area contributed by atoms with Crippen molar-refractivity contribution in [2.45, 2.75) is 6.36 Å². The molecule has 0 fully saturated rings. The number of ether oxygens (including phenoxy) is 1. The molecule has 3 aromatic rings. The van der Waals surface area contributed by atoms with Crippen LogP contribution in [0.15, 0.2) is 55.1 Å². The fraction of sp³-hybridized carbons (Fsp3) is 0.0714. The summed E-state index contributed by atoms with van der Waals surface area (Å²) in [7, 11) is 0. The minimum Gasteiger partial charge on any atom is -0.405 e. The van der Waals surface area contributed by atoms with Crippen molar-refractivity contribution in [2.75, 3.05) is 0 Å². The average molecular weight is 306 g/mol. The van der Waals surface area contributed by atoms with E-state index in [1.54, 1.807) is 41.5 Å². The molecular formula is C14H9F3N4O. The summed E-state index contributed by atoms with van der Waals surface area (Å²) >= 11 is 0. The summed E-state index contributed by atoms with van der Waals surface area (Å²) in [6.45, 7) is 0. The van der Waals surface area contributed by atoms with Gasteiger partial charge < -0.3 is 4.74 Å². The Kier molecular flexibility index (Phi) is 3.50. The molecule has 0 aliphatic rings. The second-order valence-electron chi connectivity index (χ2n) is 4.29. The minimum absolute atomic E-state index is 0.213. The van der Waals surface area contributed by atoms with Crippen molar-refractivity contribution in [3.8, 4) is 22.8 Å². The highest BCUT2D eigenvalue weighted by Gasteiger charge is 2.32. The monoisotopic (exact) mass is 306 g/mol. The van der Waals surface area contributed by atoms with Crippen LogP contribution >= 0.6 is 0 Å². The summed E-state index contributed by atoms with van der Waals surface area (Å²) < 4.78 is 42.9. The van der Waals surface area contributed by atoms with E-state index in [1.807, 2.05) is 0 Å². The Hall–Kier alpha value is -2.90. The Balaban J connectivity index is 1.95. The predicted molar refractivity (Wildman–Crippen MR) is 71.3 cm³/mol. The van der Waals surface area contributed by atoms with Crippen LogP contribution in [0.5, 0.6) is 5.75 Å². The first-order valence-corrected chi connectivity index (χ1v) is 6.20. The van der Waals surface area contributed by atoms with E-state index in [0.717, 1.165) is 0 Å². The lowest BCUT2D eigenvalue weighted by atomic mass is 10.1. The average Bonchev–Trinajstić information content (AvgIpc) is 3.01. The number of alkyl halides is 3. The number of hydrogen-bond donors (Lipinski definition) is 0. The van der Waals surface area contributed by atoms with Gasteiger partial charge in [-0.1, -0.05) is 12.1 Å². The molecule has 0 radical (unpaired) electrons. The molecule has 0 atom stereocenters. The highest BCUT2D eigenvalue weighted by atomic mass is 19.4. The Bertz CT molecular complexity index is 755. The number of rotatable bonds is 3. The number of halogens is 3. The molecular weight excluding hydrogens is 297 g/mol. The van der Waals surface area contributed by atoms with E-state index in [-0.39, 0.29) is 17.0 Å². The molecule has 0 aliphatic heterocycles. The van der Waals surface area contributed by atoms with Gasteiger partial charge >= 0.3 is 6.36 Å². The molecule has 0 unspecified atom stereocenters. The maximum atomic E-state index is 12.4. The quantitative estimate of drug-likeness (QED) is 0.745. The summed E-state index contributed by atoms with van der Waals surface area (Å²) in [6.07, 6.45) is 0.0527. The molecule has 0 amide bonds. The van der Waals surface area contributed by atoms with Gasteiger partial charge in [0.1, 0.15) is 12.1 Å². The number of para-hydroxylation sites is 1. The van der Waals surface area contributed by atoms with Crippen molar-refractivity contribution in [3.05, 3.63) is 55.1 Å². The third-order valence-electron chi connectivity index (χ3n) is 2.81. The second kappa shape index (κ2) is 5.47. The first kappa shape index (κ1) is 14.1. The Morgan fingerprint density at radius 2 is 1.82 bits per heavy atom. The van der Waals surface area contributed by atoms with Crippen molar-refractivity contribution < 1.29 is 17.9 Å². The SMILES string of the molecule is FC(F)(F)Oc1ccccc1-c1ccc(-n2ccnc2)nn1. The lowest BCUT2D eigenvalue weighted by Gasteiger charge is -2.12. The summed E-state index contributed by atoms with van der Waals surface area (Å²) in [5.41, 5.74) is 0.494. The molecule has 0 spiro atoms. The molecule has 5 nitrogen and oxygen atoms in total. The van der Waals surface area contributed by atoms with Crippen molar-refractivity contribution in [1.82, 2.24) is 19.7 Å². The molecule has 1 aromatic carbocycles. The van der Waals surface area contributed by atoms with Crippen molar-refractivity contribution in [3.63, 3.8) is 0 Å². The number of hydrogen-bond acceptors (Lipinski definition) is 4. The molecule has 0 N–H and O–H groups in total. The van der Waals surface area contributed by atoms with E-state index in [0.29, 0.717) is 5.82 Å². The van der Waals surface area contributed by atoms with Crippen LogP contribution in [0.1, 0.15) is 0 Å². The van der Waals surface area contributed by atoms with Gasteiger partial charge in [-0.05, 0) is 24.3 Å². The highest BCUT2D eigenvalue weighted by Crippen LogP contribution is 2.32. The predicted octanol–water partition coefficient (Wildman–Crippen LogP) is 3.23. The first-order chi connectivity index (χ1) is 10.5. The maximum Gasteiger partial charge on any atom is 0.573 e. The van der Waals surface area contributed by atoms with Crippen LogP contribution in [0.25, 0.3) is 17.1 Å². The van der Waals surface area contributed by atoms with Crippen LogP contribution in [0.4, 0.5) is 13.2 Å². The molecule has 8 heteroatoms. The van der Waals surface area contributed by atoms with Crippen LogP contribution in [0.2, 0.25) is 0 Å². The fourth-order valence-electron chi connectivity index (χ4n) is 1.89. The van der Waals surface area contributed by atoms with Gasteiger partial charge in [0.15, 0.2) is 5.82 Å². The zero-order valence-corrected chi connectivity index (χ0v) is 11.0. The van der Waals surface area contributed by atoms with Gasteiger partial charge in [0.05, 0.1) is 5.69 Å². The van der Waals surface area contributed by atoms with Crippen molar-refractivity contribution in [2.24, 2.45) is 0 Å². The van der Waals surface area contributed by atoms with Crippen LogP contribution in [-0.4, -0.2) is 26.1 Å². The van der Waals surface area contributed by atoms with Crippen molar-refractivity contribution >= 4 is 0 Å². The third kappa shape index (κ3) is 3.05. The molecule has 22 heavy (non-hydrogen) atoms. The summed E-state index contributed by atoms with van der Waals surface area (Å²) in [6, 6.07) is 8.98. The van der Waals surface area contributed by atoms with Crippen LogP contribution in [-0.2, 0) is 0 Å². The molecule has 0 aliphatic carbocycles.